The van der Waals surface area contributed by atoms with E-state index in [1.54, 1.807) is 0 Å². The summed E-state index contributed by atoms with van der Waals surface area (Å²) in [5.74, 6) is -0.00466. The fraction of sp³-hybridized carbons (Fsp3) is 0.471. The second kappa shape index (κ2) is 6.65. The van der Waals surface area contributed by atoms with E-state index in [-0.39, 0.29) is 10.9 Å². The predicted octanol–water partition coefficient (Wildman–Crippen LogP) is 3.58. The molecule has 0 bridgehead atoms. The molecule has 0 radical (unpaired) electrons. The SMILES string of the molecule is CCCCn1c(S(=O)(=O)Cc2ccc(C)cc2)nc(C)c1C. The summed E-state index contributed by atoms with van der Waals surface area (Å²) in [6, 6.07) is 7.60. The van der Waals surface area contributed by atoms with Gasteiger partial charge in [0.2, 0.25) is 15.0 Å². The minimum absolute atomic E-state index is 0.00466. The fourth-order valence-corrected chi connectivity index (χ4v) is 4.01. The van der Waals surface area contributed by atoms with Crippen LogP contribution >= 0.6 is 0 Å². The summed E-state index contributed by atoms with van der Waals surface area (Å²) < 4.78 is 27.4. The number of rotatable bonds is 6. The summed E-state index contributed by atoms with van der Waals surface area (Å²) in [6.45, 7) is 8.58. The van der Waals surface area contributed by atoms with E-state index >= 15 is 0 Å². The average molecular weight is 320 g/mol. The maximum absolute atomic E-state index is 12.8. The first-order valence-corrected chi connectivity index (χ1v) is 9.32. The number of unbranched alkanes of at least 4 members (excludes halogenated alkanes) is 1. The first kappa shape index (κ1) is 16.7. The molecule has 0 spiro atoms. The Bertz CT molecular complexity index is 744. The molecular formula is C17H24N2O2S. The van der Waals surface area contributed by atoms with Crippen molar-refractivity contribution in [3.05, 3.63) is 46.8 Å². The maximum atomic E-state index is 12.8. The van der Waals surface area contributed by atoms with Crippen molar-refractivity contribution in [2.24, 2.45) is 0 Å². The van der Waals surface area contributed by atoms with Crippen molar-refractivity contribution in [1.82, 2.24) is 9.55 Å². The lowest BCUT2D eigenvalue weighted by Crippen LogP contribution is -2.14. The minimum atomic E-state index is -3.44. The number of benzene rings is 1. The molecule has 1 aromatic carbocycles. The average Bonchev–Trinajstić information content (AvgIpc) is 2.76. The monoisotopic (exact) mass is 320 g/mol. The molecule has 4 nitrogen and oxygen atoms in total. The lowest BCUT2D eigenvalue weighted by Gasteiger charge is -2.10. The Balaban J connectivity index is 2.36. The first-order chi connectivity index (χ1) is 10.3. The summed E-state index contributed by atoms with van der Waals surface area (Å²) in [6.07, 6.45) is 1.97. The van der Waals surface area contributed by atoms with Crippen LogP contribution in [0.15, 0.2) is 29.4 Å². The topological polar surface area (TPSA) is 52.0 Å². The van der Waals surface area contributed by atoms with E-state index in [0.717, 1.165) is 35.4 Å². The van der Waals surface area contributed by atoms with Crippen LogP contribution in [0, 0.1) is 20.8 Å². The zero-order valence-electron chi connectivity index (χ0n) is 13.8. The molecule has 0 unspecified atom stereocenters. The quantitative estimate of drug-likeness (QED) is 0.817. The fourth-order valence-electron chi connectivity index (χ4n) is 2.41. The molecule has 2 rings (SSSR count). The van der Waals surface area contributed by atoms with Gasteiger partial charge in [0.1, 0.15) is 0 Å². The van der Waals surface area contributed by atoms with Gasteiger partial charge in [-0.2, -0.15) is 0 Å². The second-order valence-electron chi connectivity index (χ2n) is 5.82. The van der Waals surface area contributed by atoms with Gasteiger partial charge in [-0.1, -0.05) is 43.2 Å². The molecule has 0 aliphatic carbocycles. The molecule has 120 valence electrons. The van der Waals surface area contributed by atoms with Crippen molar-refractivity contribution in [3.8, 4) is 0 Å². The van der Waals surface area contributed by atoms with Gasteiger partial charge in [-0.3, -0.25) is 0 Å². The molecule has 0 saturated heterocycles. The van der Waals surface area contributed by atoms with Crippen LogP contribution in [0.3, 0.4) is 0 Å². The van der Waals surface area contributed by atoms with E-state index in [1.807, 2.05) is 49.6 Å². The van der Waals surface area contributed by atoms with Gasteiger partial charge in [-0.25, -0.2) is 13.4 Å². The normalized spacial score (nSPS) is 11.8. The molecule has 0 aliphatic rings. The van der Waals surface area contributed by atoms with Gasteiger partial charge in [0.05, 0.1) is 11.4 Å². The van der Waals surface area contributed by atoms with Crippen LogP contribution in [0.2, 0.25) is 0 Å². The van der Waals surface area contributed by atoms with E-state index < -0.39 is 9.84 Å². The van der Waals surface area contributed by atoms with Gasteiger partial charge in [-0.15, -0.1) is 0 Å². The minimum Gasteiger partial charge on any atom is -0.319 e. The Kier molecular flexibility index (Phi) is 5.06. The molecule has 0 atom stereocenters. The van der Waals surface area contributed by atoms with Crippen LogP contribution in [0.4, 0.5) is 0 Å². The third-order valence-electron chi connectivity index (χ3n) is 3.91. The van der Waals surface area contributed by atoms with Crippen LogP contribution in [-0.4, -0.2) is 18.0 Å². The van der Waals surface area contributed by atoms with Crippen LogP contribution in [0.25, 0.3) is 0 Å². The molecule has 0 aliphatic heterocycles. The first-order valence-electron chi connectivity index (χ1n) is 7.67. The number of hydrogen-bond donors (Lipinski definition) is 0. The third kappa shape index (κ3) is 3.58. The van der Waals surface area contributed by atoms with Crippen LogP contribution < -0.4 is 0 Å². The number of nitrogens with zero attached hydrogens (tertiary/aromatic N) is 2. The Morgan fingerprint density at radius 3 is 2.32 bits per heavy atom. The van der Waals surface area contributed by atoms with Crippen LogP contribution in [0.5, 0.6) is 0 Å². The van der Waals surface area contributed by atoms with Gasteiger partial charge < -0.3 is 4.57 Å². The van der Waals surface area contributed by atoms with Gasteiger partial charge in [-0.05, 0) is 32.8 Å². The number of sulfone groups is 1. The number of imidazole rings is 1. The second-order valence-corrected chi connectivity index (χ2v) is 7.70. The van der Waals surface area contributed by atoms with E-state index in [9.17, 15) is 8.42 Å². The van der Waals surface area contributed by atoms with Gasteiger partial charge >= 0.3 is 0 Å². The van der Waals surface area contributed by atoms with Crippen molar-refractivity contribution in [2.45, 2.75) is 58.0 Å². The highest BCUT2D eigenvalue weighted by molar-refractivity contribution is 7.90. The molecule has 0 amide bonds. The van der Waals surface area contributed by atoms with E-state index in [1.165, 1.54) is 0 Å². The lowest BCUT2D eigenvalue weighted by molar-refractivity contribution is 0.538. The summed E-state index contributed by atoms with van der Waals surface area (Å²) in [5, 5.41) is 0.205. The summed E-state index contributed by atoms with van der Waals surface area (Å²) >= 11 is 0. The Labute approximate surface area is 133 Å². The number of aromatic nitrogens is 2. The zero-order chi connectivity index (χ0) is 16.3. The highest BCUT2D eigenvalue weighted by Gasteiger charge is 2.24. The molecule has 0 saturated carbocycles. The number of hydrogen-bond acceptors (Lipinski definition) is 3. The van der Waals surface area contributed by atoms with Crippen molar-refractivity contribution >= 4 is 9.84 Å². The van der Waals surface area contributed by atoms with Gasteiger partial charge in [0, 0.05) is 12.2 Å². The summed E-state index contributed by atoms with van der Waals surface area (Å²) in [7, 11) is -3.44. The largest absolute Gasteiger partial charge is 0.319 e. The molecule has 2 aromatic rings. The van der Waals surface area contributed by atoms with Gasteiger partial charge in [0.25, 0.3) is 0 Å². The molecule has 5 heteroatoms. The molecular weight excluding hydrogens is 296 g/mol. The highest BCUT2D eigenvalue weighted by atomic mass is 32.2. The smallest absolute Gasteiger partial charge is 0.228 e. The Morgan fingerprint density at radius 1 is 1.09 bits per heavy atom. The van der Waals surface area contributed by atoms with Crippen molar-refractivity contribution in [2.75, 3.05) is 0 Å². The molecule has 1 heterocycles. The Hall–Kier alpha value is -1.62. The lowest BCUT2D eigenvalue weighted by atomic mass is 10.2. The van der Waals surface area contributed by atoms with Crippen molar-refractivity contribution < 1.29 is 8.42 Å². The van der Waals surface area contributed by atoms with E-state index in [4.69, 9.17) is 0 Å². The summed E-state index contributed by atoms with van der Waals surface area (Å²) in [5.41, 5.74) is 3.65. The standard InChI is InChI=1S/C17H24N2O2S/c1-5-6-11-19-15(4)14(3)18-17(19)22(20,21)12-16-9-7-13(2)8-10-16/h7-10H,5-6,11-12H2,1-4H3. The van der Waals surface area contributed by atoms with Crippen LogP contribution in [0.1, 0.15) is 42.3 Å². The zero-order valence-corrected chi connectivity index (χ0v) is 14.6. The third-order valence-corrected chi connectivity index (χ3v) is 5.49. The summed E-state index contributed by atoms with van der Waals surface area (Å²) in [4.78, 5) is 4.32. The van der Waals surface area contributed by atoms with Gasteiger partial charge in [0.15, 0.2) is 0 Å². The van der Waals surface area contributed by atoms with Crippen molar-refractivity contribution in [3.63, 3.8) is 0 Å². The molecule has 1 aromatic heterocycles. The van der Waals surface area contributed by atoms with Crippen LogP contribution in [-0.2, 0) is 22.1 Å². The van der Waals surface area contributed by atoms with E-state index in [2.05, 4.69) is 11.9 Å². The number of aryl methyl sites for hydroxylation is 2. The van der Waals surface area contributed by atoms with Crippen molar-refractivity contribution in [1.29, 1.82) is 0 Å². The van der Waals surface area contributed by atoms with E-state index in [0.29, 0.717) is 6.54 Å². The Morgan fingerprint density at radius 2 is 1.73 bits per heavy atom. The maximum Gasteiger partial charge on any atom is 0.228 e. The molecule has 22 heavy (non-hydrogen) atoms. The molecule has 0 N–H and O–H groups in total. The highest BCUT2D eigenvalue weighted by Crippen LogP contribution is 2.20. The molecule has 0 fully saturated rings. The predicted molar refractivity (Wildman–Crippen MR) is 88.7 cm³/mol.